The number of benzene rings is 3. The summed E-state index contributed by atoms with van der Waals surface area (Å²) in [5.74, 6) is 0.533. The van der Waals surface area contributed by atoms with Gasteiger partial charge in [0.25, 0.3) is 10.0 Å². The predicted molar refractivity (Wildman–Crippen MR) is 125 cm³/mol. The summed E-state index contributed by atoms with van der Waals surface area (Å²) in [5.41, 5.74) is 2.87. The van der Waals surface area contributed by atoms with Crippen LogP contribution in [0.4, 0.5) is 5.69 Å². The van der Waals surface area contributed by atoms with E-state index in [0.29, 0.717) is 11.3 Å². The minimum absolute atomic E-state index is 0.103. The normalized spacial score (nSPS) is 12.2. The van der Waals surface area contributed by atoms with E-state index in [4.69, 9.17) is 0 Å². The molecule has 5 nitrogen and oxygen atoms in total. The van der Waals surface area contributed by atoms with Crippen molar-refractivity contribution in [1.82, 2.24) is 0 Å². The fraction of sp³-hybridized carbons (Fsp3) is 0.174. The van der Waals surface area contributed by atoms with Gasteiger partial charge in [-0.2, -0.15) is 8.42 Å². The Labute approximate surface area is 185 Å². The summed E-state index contributed by atoms with van der Waals surface area (Å²) in [6.45, 7) is 5.81. The number of aromatic hydroxyl groups is 1. The van der Waals surface area contributed by atoms with Crippen LogP contribution in [0.1, 0.15) is 36.5 Å². The number of nitrogens with zero attached hydrogens (tertiary/aromatic N) is 1. The molecule has 0 fully saturated rings. The third-order valence-corrected chi connectivity index (χ3v) is 6.44. The molecule has 0 bridgehead atoms. The van der Waals surface area contributed by atoms with Crippen LogP contribution in [0.3, 0.4) is 0 Å². The average molecular weight is 487 g/mol. The van der Waals surface area contributed by atoms with Crippen molar-refractivity contribution in [3.8, 4) is 5.75 Å². The first-order valence-corrected chi connectivity index (χ1v) is 11.7. The standard InChI is InChI=1S/C23H23BrN2O3S/c1-15(2)20-14-21(16(3)13-22(20)27)25-23(17-7-5-4-6-8-17)26-30(28,29)19-11-9-18(24)10-12-19/h4-15,27H,1-3H3,(H,25,26). The number of sulfonamides is 1. The van der Waals surface area contributed by atoms with E-state index >= 15 is 0 Å². The van der Waals surface area contributed by atoms with Crippen molar-refractivity contribution in [2.75, 3.05) is 5.32 Å². The number of phenols is 1. The zero-order chi connectivity index (χ0) is 21.9. The van der Waals surface area contributed by atoms with Crippen molar-refractivity contribution >= 4 is 37.5 Å². The first-order valence-electron chi connectivity index (χ1n) is 9.44. The zero-order valence-electron chi connectivity index (χ0n) is 16.9. The molecule has 2 N–H and O–H groups in total. The minimum Gasteiger partial charge on any atom is -0.508 e. The quantitative estimate of drug-likeness (QED) is 0.270. The molecule has 3 aromatic carbocycles. The van der Waals surface area contributed by atoms with E-state index in [-0.39, 0.29) is 22.4 Å². The van der Waals surface area contributed by atoms with Crippen LogP contribution in [0, 0.1) is 6.92 Å². The van der Waals surface area contributed by atoms with Gasteiger partial charge in [0.05, 0.1) is 4.90 Å². The smallest absolute Gasteiger partial charge is 0.284 e. The van der Waals surface area contributed by atoms with Gasteiger partial charge in [0, 0.05) is 15.7 Å². The van der Waals surface area contributed by atoms with Crippen molar-refractivity contribution in [2.24, 2.45) is 4.40 Å². The van der Waals surface area contributed by atoms with Gasteiger partial charge in [-0.1, -0.05) is 60.1 Å². The van der Waals surface area contributed by atoms with E-state index < -0.39 is 10.0 Å². The molecule has 0 heterocycles. The highest BCUT2D eigenvalue weighted by molar-refractivity contribution is 9.10. The van der Waals surface area contributed by atoms with Gasteiger partial charge in [-0.15, -0.1) is 4.40 Å². The number of hydrogen-bond acceptors (Lipinski definition) is 3. The van der Waals surface area contributed by atoms with Crippen molar-refractivity contribution in [2.45, 2.75) is 31.6 Å². The molecule has 7 heteroatoms. The van der Waals surface area contributed by atoms with Gasteiger partial charge in [0.2, 0.25) is 0 Å². The Hall–Kier alpha value is -2.64. The highest BCUT2D eigenvalue weighted by Gasteiger charge is 2.17. The van der Waals surface area contributed by atoms with Crippen LogP contribution < -0.4 is 5.32 Å². The summed E-state index contributed by atoms with van der Waals surface area (Å²) in [7, 11) is -3.94. The number of rotatable bonds is 5. The van der Waals surface area contributed by atoms with E-state index in [2.05, 4.69) is 25.6 Å². The molecule has 0 spiro atoms. The third kappa shape index (κ3) is 5.09. The maximum atomic E-state index is 12.9. The molecule has 0 saturated heterocycles. The molecule has 156 valence electrons. The lowest BCUT2D eigenvalue weighted by atomic mass is 9.99. The molecular formula is C23H23BrN2O3S. The number of halogens is 1. The van der Waals surface area contributed by atoms with Gasteiger partial charge in [0.1, 0.15) is 5.75 Å². The Kier molecular flexibility index (Phi) is 6.63. The van der Waals surface area contributed by atoms with Gasteiger partial charge >= 0.3 is 0 Å². The molecule has 3 aromatic rings. The van der Waals surface area contributed by atoms with E-state index in [9.17, 15) is 13.5 Å². The van der Waals surface area contributed by atoms with Crippen LogP contribution in [0.25, 0.3) is 0 Å². The van der Waals surface area contributed by atoms with Crippen LogP contribution in [0.15, 0.2) is 80.5 Å². The lowest BCUT2D eigenvalue weighted by Crippen LogP contribution is -2.17. The lowest BCUT2D eigenvalue weighted by Gasteiger charge is -2.16. The summed E-state index contributed by atoms with van der Waals surface area (Å²) in [5, 5.41) is 13.4. The monoisotopic (exact) mass is 486 g/mol. The van der Waals surface area contributed by atoms with Gasteiger partial charge < -0.3 is 10.4 Å². The van der Waals surface area contributed by atoms with E-state index in [0.717, 1.165) is 15.6 Å². The lowest BCUT2D eigenvalue weighted by molar-refractivity contribution is 0.464. The van der Waals surface area contributed by atoms with Crippen LogP contribution in [-0.2, 0) is 10.0 Å². The molecule has 0 amide bonds. The number of hydrogen-bond donors (Lipinski definition) is 2. The Bertz CT molecular complexity index is 1170. The van der Waals surface area contributed by atoms with Crippen molar-refractivity contribution in [3.63, 3.8) is 0 Å². The molecule has 0 radical (unpaired) electrons. The molecule has 0 aliphatic heterocycles. The number of anilines is 1. The van der Waals surface area contributed by atoms with Crippen LogP contribution in [-0.4, -0.2) is 19.4 Å². The summed E-state index contributed by atoms with van der Waals surface area (Å²) < 4.78 is 30.8. The molecular weight excluding hydrogens is 464 g/mol. The summed E-state index contributed by atoms with van der Waals surface area (Å²) in [4.78, 5) is 0.103. The van der Waals surface area contributed by atoms with Gasteiger partial charge in [0.15, 0.2) is 5.84 Å². The molecule has 0 aliphatic carbocycles. The highest BCUT2D eigenvalue weighted by atomic mass is 79.9. The zero-order valence-corrected chi connectivity index (χ0v) is 19.3. The van der Waals surface area contributed by atoms with Gasteiger partial charge in [-0.25, -0.2) is 0 Å². The molecule has 0 unspecified atom stereocenters. The second-order valence-corrected chi connectivity index (χ2v) is 9.76. The second-order valence-electron chi connectivity index (χ2n) is 7.24. The highest BCUT2D eigenvalue weighted by Crippen LogP contribution is 2.31. The SMILES string of the molecule is Cc1cc(O)c(C(C)C)cc1NC(=NS(=O)(=O)c1ccc(Br)cc1)c1ccccc1. The number of amidine groups is 1. The number of nitrogens with one attached hydrogen (secondary N) is 1. The number of phenolic OH excluding ortho intramolecular Hbond substituents is 1. The van der Waals surface area contributed by atoms with Crippen LogP contribution in [0.5, 0.6) is 5.75 Å². The first-order chi connectivity index (χ1) is 14.2. The van der Waals surface area contributed by atoms with E-state index in [1.165, 1.54) is 12.1 Å². The van der Waals surface area contributed by atoms with Crippen LogP contribution in [0.2, 0.25) is 0 Å². The maximum Gasteiger partial charge on any atom is 0.284 e. The topological polar surface area (TPSA) is 78.8 Å². The average Bonchev–Trinajstić information content (AvgIpc) is 2.70. The number of aryl methyl sites for hydroxylation is 1. The van der Waals surface area contributed by atoms with E-state index in [1.807, 2.05) is 45.0 Å². The summed E-state index contributed by atoms with van der Waals surface area (Å²) in [6, 6.07) is 18.9. The minimum atomic E-state index is -3.94. The fourth-order valence-corrected chi connectivity index (χ4v) is 4.20. The molecule has 0 saturated carbocycles. The third-order valence-electron chi connectivity index (χ3n) is 4.62. The Morgan fingerprint density at radius 3 is 2.27 bits per heavy atom. The predicted octanol–water partition coefficient (Wildman–Crippen LogP) is 5.83. The first kappa shape index (κ1) is 22.1. The van der Waals surface area contributed by atoms with Gasteiger partial charge in [-0.3, -0.25) is 0 Å². The van der Waals surface area contributed by atoms with Crippen molar-refractivity contribution < 1.29 is 13.5 Å². The largest absolute Gasteiger partial charge is 0.508 e. The second kappa shape index (κ2) is 9.02. The Morgan fingerprint density at radius 1 is 1.03 bits per heavy atom. The maximum absolute atomic E-state index is 12.9. The van der Waals surface area contributed by atoms with Crippen molar-refractivity contribution in [3.05, 3.63) is 87.9 Å². The van der Waals surface area contributed by atoms with Crippen LogP contribution >= 0.6 is 15.9 Å². The molecule has 0 atom stereocenters. The molecule has 0 aliphatic rings. The summed E-state index contributed by atoms with van der Waals surface area (Å²) in [6.07, 6.45) is 0. The molecule has 3 rings (SSSR count). The fourth-order valence-electron chi connectivity index (χ4n) is 2.96. The Morgan fingerprint density at radius 2 is 1.67 bits per heavy atom. The Balaban J connectivity index is 2.10. The molecule has 0 aromatic heterocycles. The van der Waals surface area contributed by atoms with Crippen molar-refractivity contribution in [1.29, 1.82) is 0 Å². The van der Waals surface area contributed by atoms with Gasteiger partial charge in [-0.05, 0) is 60.4 Å². The molecule has 30 heavy (non-hydrogen) atoms. The summed E-state index contributed by atoms with van der Waals surface area (Å²) >= 11 is 3.31. The van der Waals surface area contributed by atoms with E-state index in [1.54, 1.807) is 30.3 Å².